The molecule has 0 bridgehead atoms. The molecule has 25 heavy (non-hydrogen) atoms. The fourth-order valence-corrected chi connectivity index (χ4v) is 4.62. The molecule has 1 aromatic rings. The van der Waals surface area contributed by atoms with Crippen molar-refractivity contribution in [2.75, 3.05) is 11.1 Å². The number of nitrogens with two attached hydrogens (primary N) is 1. The quantitative estimate of drug-likeness (QED) is 0.645. The number of sulfone groups is 1. The molecule has 0 aliphatic heterocycles. The van der Waals surface area contributed by atoms with Crippen LogP contribution in [0.4, 0.5) is 5.82 Å². The Balaban J connectivity index is 1.78. The summed E-state index contributed by atoms with van der Waals surface area (Å²) in [6.07, 6.45) is 5.52. The molecule has 1 aromatic heterocycles. The van der Waals surface area contributed by atoms with Gasteiger partial charge < -0.3 is 11.1 Å². The molecule has 4 N–H and O–H groups in total. The number of anilines is 1. The molecule has 1 unspecified atom stereocenters. The summed E-state index contributed by atoms with van der Waals surface area (Å²) in [5, 5.41) is 9.64. The SMILES string of the molecule is CCCS(=O)(=O)C1=CC=C(C(=O)Nc2cc(C3CC3)[nH]n2)C(=S)C1N. The van der Waals surface area contributed by atoms with Crippen molar-refractivity contribution >= 4 is 38.6 Å². The molecule has 3 rings (SSSR count). The number of nitrogens with zero attached hydrogens (tertiary/aromatic N) is 1. The Morgan fingerprint density at radius 3 is 2.80 bits per heavy atom. The second-order valence-electron chi connectivity index (χ2n) is 6.25. The fourth-order valence-electron chi connectivity index (χ4n) is 2.71. The van der Waals surface area contributed by atoms with Crippen LogP contribution in [0.3, 0.4) is 0 Å². The lowest BCUT2D eigenvalue weighted by Gasteiger charge is -2.22. The van der Waals surface area contributed by atoms with E-state index in [-0.39, 0.29) is 21.1 Å². The molecule has 0 aromatic carbocycles. The van der Waals surface area contributed by atoms with Gasteiger partial charge in [0.05, 0.1) is 22.3 Å². The van der Waals surface area contributed by atoms with Gasteiger partial charge in [-0.25, -0.2) is 8.42 Å². The third-order valence-corrected chi connectivity index (χ3v) is 6.73. The Labute approximate surface area is 151 Å². The number of hydrogen-bond acceptors (Lipinski definition) is 6. The van der Waals surface area contributed by atoms with Crippen molar-refractivity contribution in [2.45, 2.75) is 38.1 Å². The summed E-state index contributed by atoms with van der Waals surface area (Å²) < 4.78 is 24.5. The number of rotatable bonds is 6. The highest BCUT2D eigenvalue weighted by atomic mass is 32.2. The molecule has 1 fully saturated rings. The van der Waals surface area contributed by atoms with Crippen LogP contribution < -0.4 is 11.1 Å². The number of H-pyrrole nitrogens is 1. The lowest BCUT2D eigenvalue weighted by atomic mass is 10.00. The van der Waals surface area contributed by atoms with Gasteiger partial charge in [-0.3, -0.25) is 9.89 Å². The zero-order chi connectivity index (χ0) is 18.2. The van der Waals surface area contributed by atoms with Crippen LogP contribution in [-0.2, 0) is 14.6 Å². The third kappa shape index (κ3) is 3.73. The minimum atomic E-state index is -3.47. The summed E-state index contributed by atoms with van der Waals surface area (Å²) in [5.74, 6) is 0.465. The lowest BCUT2D eigenvalue weighted by molar-refractivity contribution is -0.112. The van der Waals surface area contributed by atoms with Crippen molar-refractivity contribution in [3.8, 4) is 0 Å². The summed E-state index contributed by atoms with van der Waals surface area (Å²) in [4.78, 5) is 12.6. The molecular formula is C16H20N4O3S2. The van der Waals surface area contributed by atoms with Gasteiger partial charge in [0.15, 0.2) is 15.7 Å². The van der Waals surface area contributed by atoms with E-state index in [1.165, 1.54) is 12.2 Å². The van der Waals surface area contributed by atoms with Crippen molar-refractivity contribution in [3.05, 3.63) is 34.4 Å². The molecule has 0 radical (unpaired) electrons. The standard InChI is InChI=1S/C16H20N4O3S2/c1-2-7-25(22,23)12-6-5-10(15(24)14(12)17)16(21)18-13-8-11(19-20-13)9-3-4-9/h5-6,8-9,14H,2-4,7,17H2,1H3,(H2,18,19,20,21). The maximum absolute atomic E-state index is 12.4. The highest BCUT2D eigenvalue weighted by molar-refractivity contribution is 7.95. The fraction of sp³-hybridized carbons (Fsp3) is 0.438. The number of nitrogens with one attached hydrogen (secondary N) is 2. The zero-order valence-electron chi connectivity index (χ0n) is 13.8. The molecule has 2 aliphatic rings. The van der Waals surface area contributed by atoms with Crippen LogP contribution in [-0.4, -0.2) is 41.2 Å². The minimum Gasteiger partial charge on any atom is -0.319 e. The Hall–Kier alpha value is -1.84. The second kappa shape index (κ2) is 6.81. The molecular weight excluding hydrogens is 360 g/mol. The summed E-state index contributed by atoms with van der Waals surface area (Å²) in [6.45, 7) is 1.78. The predicted octanol–water partition coefficient (Wildman–Crippen LogP) is 1.57. The van der Waals surface area contributed by atoms with Crippen molar-refractivity contribution < 1.29 is 13.2 Å². The first kappa shape index (κ1) is 18.0. The highest BCUT2D eigenvalue weighted by Crippen LogP contribution is 2.39. The summed E-state index contributed by atoms with van der Waals surface area (Å²) in [6, 6.07) is 0.813. The summed E-state index contributed by atoms with van der Waals surface area (Å²) >= 11 is 5.24. The van der Waals surface area contributed by atoms with Crippen molar-refractivity contribution in [3.63, 3.8) is 0 Å². The van der Waals surface area contributed by atoms with E-state index in [1.807, 2.05) is 0 Å². The number of thiocarbonyl (C=S) groups is 1. The van der Waals surface area contributed by atoms with Gasteiger partial charge in [-0.1, -0.05) is 19.1 Å². The van der Waals surface area contributed by atoms with Gasteiger partial charge in [-0.05, 0) is 31.4 Å². The number of aromatic amines is 1. The van der Waals surface area contributed by atoms with E-state index in [0.29, 0.717) is 18.2 Å². The topological polar surface area (TPSA) is 118 Å². The Kier molecular flexibility index (Phi) is 4.90. The van der Waals surface area contributed by atoms with Crippen LogP contribution in [0.2, 0.25) is 0 Å². The number of carbonyl (C=O) groups excluding carboxylic acids is 1. The predicted molar refractivity (Wildman–Crippen MR) is 100 cm³/mol. The first-order chi connectivity index (χ1) is 11.8. The normalized spacial score (nSPS) is 20.9. The van der Waals surface area contributed by atoms with E-state index in [4.69, 9.17) is 18.0 Å². The van der Waals surface area contributed by atoms with E-state index >= 15 is 0 Å². The first-order valence-corrected chi connectivity index (χ1v) is 10.2. The van der Waals surface area contributed by atoms with Crippen LogP contribution in [0, 0.1) is 0 Å². The average molecular weight is 380 g/mol. The van der Waals surface area contributed by atoms with E-state index in [9.17, 15) is 13.2 Å². The van der Waals surface area contributed by atoms with Crippen LogP contribution in [0.1, 0.15) is 37.8 Å². The van der Waals surface area contributed by atoms with E-state index in [2.05, 4.69) is 15.5 Å². The zero-order valence-corrected chi connectivity index (χ0v) is 15.4. The Bertz CT molecular complexity index is 879. The molecule has 9 heteroatoms. The lowest BCUT2D eigenvalue weighted by Crippen LogP contribution is -2.40. The highest BCUT2D eigenvalue weighted by Gasteiger charge is 2.32. The molecule has 0 saturated heterocycles. The van der Waals surface area contributed by atoms with Gasteiger partial charge in [0.25, 0.3) is 5.91 Å². The van der Waals surface area contributed by atoms with Crippen molar-refractivity contribution in [2.24, 2.45) is 5.73 Å². The van der Waals surface area contributed by atoms with Gasteiger partial charge in [-0.2, -0.15) is 5.10 Å². The minimum absolute atomic E-state index is 0.00172. The van der Waals surface area contributed by atoms with E-state index in [1.54, 1.807) is 13.0 Å². The summed E-state index contributed by atoms with van der Waals surface area (Å²) in [5.41, 5.74) is 7.17. The molecule has 2 aliphatic carbocycles. The maximum atomic E-state index is 12.4. The van der Waals surface area contributed by atoms with Crippen LogP contribution in [0.25, 0.3) is 0 Å². The Morgan fingerprint density at radius 1 is 1.44 bits per heavy atom. The molecule has 1 heterocycles. The first-order valence-electron chi connectivity index (χ1n) is 8.14. The molecule has 0 spiro atoms. The molecule has 1 amide bonds. The van der Waals surface area contributed by atoms with Gasteiger partial charge in [0.1, 0.15) is 0 Å². The van der Waals surface area contributed by atoms with Crippen LogP contribution >= 0.6 is 12.2 Å². The molecule has 1 saturated carbocycles. The van der Waals surface area contributed by atoms with E-state index < -0.39 is 21.8 Å². The number of allylic oxidation sites excluding steroid dienone is 2. The maximum Gasteiger partial charge on any atom is 0.258 e. The number of amides is 1. The van der Waals surface area contributed by atoms with Crippen LogP contribution in [0.15, 0.2) is 28.7 Å². The number of carbonyl (C=O) groups is 1. The largest absolute Gasteiger partial charge is 0.319 e. The van der Waals surface area contributed by atoms with Gasteiger partial charge >= 0.3 is 0 Å². The molecule has 134 valence electrons. The van der Waals surface area contributed by atoms with Gasteiger partial charge in [0, 0.05) is 22.5 Å². The third-order valence-electron chi connectivity index (χ3n) is 4.20. The number of aromatic nitrogens is 2. The van der Waals surface area contributed by atoms with E-state index in [0.717, 1.165) is 18.5 Å². The summed E-state index contributed by atoms with van der Waals surface area (Å²) in [7, 11) is -3.47. The molecule has 1 atom stereocenters. The monoisotopic (exact) mass is 380 g/mol. The second-order valence-corrected chi connectivity index (χ2v) is 8.80. The average Bonchev–Trinajstić information content (AvgIpc) is 3.29. The number of hydrogen-bond donors (Lipinski definition) is 3. The van der Waals surface area contributed by atoms with Crippen molar-refractivity contribution in [1.29, 1.82) is 0 Å². The van der Waals surface area contributed by atoms with Crippen molar-refractivity contribution in [1.82, 2.24) is 10.2 Å². The van der Waals surface area contributed by atoms with Crippen LogP contribution in [0.5, 0.6) is 0 Å². The van der Waals surface area contributed by atoms with Gasteiger partial charge in [-0.15, -0.1) is 0 Å². The molecule has 7 nitrogen and oxygen atoms in total. The smallest absolute Gasteiger partial charge is 0.258 e. The van der Waals surface area contributed by atoms with Gasteiger partial charge in [0.2, 0.25) is 0 Å². The Morgan fingerprint density at radius 2 is 2.16 bits per heavy atom.